The number of hydrogen-bond acceptors (Lipinski definition) is 4. The Morgan fingerprint density at radius 2 is 1.89 bits per heavy atom. The number of hydrogen-bond donors (Lipinski definition) is 1. The van der Waals surface area contributed by atoms with Gasteiger partial charge in [-0.25, -0.2) is 4.98 Å². The van der Waals surface area contributed by atoms with Crippen molar-refractivity contribution in [1.29, 1.82) is 0 Å². The molecular formula is C21H23N3O2S. The Balaban J connectivity index is 1.67. The summed E-state index contributed by atoms with van der Waals surface area (Å²) in [6.07, 6.45) is 4.60. The van der Waals surface area contributed by atoms with Gasteiger partial charge in [-0.1, -0.05) is 30.8 Å². The first kappa shape index (κ1) is 19.0. The summed E-state index contributed by atoms with van der Waals surface area (Å²) in [6, 6.07) is 15.7. The fourth-order valence-corrected chi connectivity index (χ4v) is 3.48. The van der Waals surface area contributed by atoms with Crippen LogP contribution in [0.1, 0.15) is 19.4 Å². The number of nitrogens with zero attached hydrogens (tertiary/aromatic N) is 2. The van der Waals surface area contributed by atoms with Gasteiger partial charge in [0.2, 0.25) is 5.91 Å². The summed E-state index contributed by atoms with van der Waals surface area (Å²) in [5.41, 5.74) is 3.03. The highest BCUT2D eigenvalue weighted by Crippen LogP contribution is 2.26. The number of imidazole rings is 1. The molecule has 0 radical (unpaired) electrons. The number of carbonyl (C=O) groups excluding carboxylic acids is 1. The molecule has 3 aromatic rings. The van der Waals surface area contributed by atoms with Gasteiger partial charge in [0.15, 0.2) is 5.16 Å². The van der Waals surface area contributed by atoms with E-state index in [0.717, 1.165) is 28.7 Å². The van der Waals surface area contributed by atoms with Crippen molar-refractivity contribution in [2.45, 2.75) is 30.7 Å². The van der Waals surface area contributed by atoms with Crippen molar-refractivity contribution in [1.82, 2.24) is 9.55 Å². The number of amides is 1. The number of thioether (sulfide) groups is 1. The smallest absolute Gasteiger partial charge is 0.237 e. The van der Waals surface area contributed by atoms with Gasteiger partial charge in [0, 0.05) is 23.8 Å². The Morgan fingerprint density at radius 3 is 2.52 bits per heavy atom. The largest absolute Gasteiger partial charge is 0.497 e. The Labute approximate surface area is 163 Å². The van der Waals surface area contributed by atoms with E-state index in [1.807, 2.05) is 66.2 Å². The molecule has 5 nitrogen and oxygen atoms in total. The average molecular weight is 382 g/mol. The first-order valence-corrected chi connectivity index (χ1v) is 9.73. The minimum Gasteiger partial charge on any atom is -0.497 e. The van der Waals surface area contributed by atoms with Crippen LogP contribution in [0, 0.1) is 0 Å². The van der Waals surface area contributed by atoms with E-state index in [1.165, 1.54) is 17.3 Å². The van der Waals surface area contributed by atoms with Crippen LogP contribution in [0.3, 0.4) is 0 Å². The second-order valence-corrected chi connectivity index (χ2v) is 7.39. The van der Waals surface area contributed by atoms with Crippen LogP contribution in [0.4, 0.5) is 5.69 Å². The third-order valence-electron chi connectivity index (χ3n) is 4.24. The van der Waals surface area contributed by atoms with Gasteiger partial charge < -0.3 is 10.1 Å². The van der Waals surface area contributed by atoms with Gasteiger partial charge in [0.1, 0.15) is 5.75 Å². The topological polar surface area (TPSA) is 56.2 Å². The van der Waals surface area contributed by atoms with E-state index in [1.54, 1.807) is 13.3 Å². The lowest BCUT2D eigenvalue weighted by atomic mass is 10.1. The second kappa shape index (κ2) is 8.77. The Hall–Kier alpha value is -2.73. The van der Waals surface area contributed by atoms with Crippen LogP contribution >= 0.6 is 11.8 Å². The predicted molar refractivity (Wildman–Crippen MR) is 110 cm³/mol. The zero-order valence-electron chi connectivity index (χ0n) is 15.7. The van der Waals surface area contributed by atoms with E-state index in [0.29, 0.717) is 0 Å². The minimum atomic E-state index is -0.282. The first-order chi connectivity index (χ1) is 13.1. The third kappa shape index (κ3) is 4.71. The molecule has 0 aliphatic heterocycles. The lowest BCUT2D eigenvalue weighted by Gasteiger charge is -2.13. The Morgan fingerprint density at radius 1 is 1.19 bits per heavy atom. The maximum Gasteiger partial charge on any atom is 0.237 e. The van der Waals surface area contributed by atoms with E-state index in [4.69, 9.17) is 4.74 Å². The minimum absolute atomic E-state index is 0.0477. The molecule has 27 heavy (non-hydrogen) atoms. The summed E-state index contributed by atoms with van der Waals surface area (Å²) in [5.74, 6) is 0.753. The number of aryl methyl sites for hydroxylation is 1. The summed E-state index contributed by atoms with van der Waals surface area (Å²) >= 11 is 1.43. The number of anilines is 1. The van der Waals surface area contributed by atoms with Crippen LogP contribution < -0.4 is 10.1 Å². The normalized spacial score (nSPS) is 11.8. The SMILES string of the molecule is CCc1ccc(NC(=O)C(C)Sc2nccn2-c2ccc(OC)cc2)cc1. The number of methoxy groups -OCH3 is 1. The lowest BCUT2D eigenvalue weighted by Crippen LogP contribution is -2.22. The average Bonchev–Trinajstić information content (AvgIpc) is 3.16. The maximum absolute atomic E-state index is 12.5. The summed E-state index contributed by atoms with van der Waals surface area (Å²) in [6.45, 7) is 3.99. The third-order valence-corrected chi connectivity index (χ3v) is 5.32. The van der Waals surface area contributed by atoms with Crippen LogP contribution in [0.5, 0.6) is 5.75 Å². The van der Waals surface area contributed by atoms with Gasteiger partial charge in [-0.3, -0.25) is 9.36 Å². The van der Waals surface area contributed by atoms with Crippen molar-refractivity contribution in [2.24, 2.45) is 0 Å². The molecule has 1 aromatic heterocycles. The van der Waals surface area contributed by atoms with Crippen LogP contribution in [0.2, 0.25) is 0 Å². The molecule has 0 aliphatic rings. The molecule has 1 unspecified atom stereocenters. The molecule has 0 saturated carbocycles. The molecule has 0 bridgehead atoms. The number of benzene rings is 2. The molecule has 2 aromatic carbocycles. The van der Waals surface area contributed by atoms with Crippen LogP contribution in [-0.4, -0.2) is 27.8 Å². The first-order valence-electron chi connectivity index (χ1n) is 8.85. The van der Waals surface area contributed by atoms with E-state index in [2.05, 4.69) is 17.2 Å². The molecule has 0 saturated heterocycles. The summed E-state index contributed by atoms with van der Waals surface area (Å²) in [7, 11) is 1.64. The van der Waals surface area contributed by atoms with Gasteiger partial charge >= 0.3 is 0 Å². The summed E-state index contributed by atoms with van der Waals surface area (Å²) < 4.78 is 7.16. The van der Waals surface area contributed by atoms with Crippen molar-refractivity contribution in [3.05, 3.63) is 66.5 Å². The molecule has 0 fully saturated rings. The highest BCUT2D eigenvalue weighted by atomic mass is 32.2. The molecular weight excluding hydrogens is 358 g/mol. The lowest BCUT2D eigenvalue weighted by molar-refractivity contribution is -0.115. The van der Waals surface area contributed by atoms with Crippen molar-refractivity contribution in [3.8, 4) is 11.4 Å². The van der Waals surface area contributed by atoms with E-state index < -0.39 is 0 Å². The number of rotatable bonds is 7. The molecule has 1 amide bonds. The van der Waals surface area contributed by atoms with Crippen LogP contribution in [0.25, 0.3) is 5.69 Å². The van der Waals surface area contributed by atoms with Crippen molar-refractivity contribution in [3.63, 3.8) is 0 Å². The monoisotopic (exact) mass is 381 g/mol. The predicted octanol–water partition coefficient (Wildman–Crippen LogP) is 4.56. The Bertz CT molecular complexity index is 889. The number of ether oxygens (including phenoxy) is 1. The van der Waals surface area contributed by atoms with E-state index in [9.17, 15) is 4.79 Å². The molecule has 0 aliphatic carbocycles. The second-order valence-electron chi connectivity index (χ2n) is 6.08. The standard InChI is InChI=1S/C21H23N3O2S/c1-4-16-5-7-17(8-6-16)23-20(25)15(2)27-21-22-13-14-24(21)18-9-11-19(26-3)12-10-18/h5-15H,4H2,1-3H3,(H,23,25). The molecule has 6 heteroatoms. The van der Waals surface area contributed by atoms with Crippen LogP contribution in [-0.2, 0) is 11.2 Å². The molecule has 140 valence electrons. The molecule has 0 spiro atoms. The Kier molecular flexibility index (Phi) is 6.19. The number of nitrogens with one attached hydrogen (secondary N) is 1. The van der Waals surface area contributed by atoms with E-state index >= 15 is 0 Å². The quantitative estimate of drug-likeness (QED) is 0.610. The van der Waals surface area contributed by atoms with Gasteiger partial charge in [0.25, 0.3) is 0 Å². The van der Waals surface area contributed by atoms with Crippen molar-refractivity contribution < 1.29 is 9.53 Å². The summed E-state index contributed by atoms with van der Waals surface area (Å²) in [5, 5.41) is 3.45. The zero-order chi connectivity index (χ0) is 19.2. The fourth-order valence-electron chi connectivity index (χ4n) is 2.60. The van der Waals surface area contributed by atoms with Gasteiger partial charge in [-0.05, 0) is 55.3 Å². The molecule has 1 heterocycles. The number of carbonyl (C=O) groups is 1. The van der Waals surface area contributed by atoms with Crippen LogP contribution in [0.15, 0.2) is 66.1 Å². The number of aromatic nitrogens is 2. The molecule has 1 N–H and O–H groups in total. The fraction of sp³-hybridized carbons (Fsp3) is 0.238. The van der Waals surface area contributed by atoms with E-state index in [-0.39, 0.29) is 11.2 Å². The van der Waals surface area contributed by atoms with Crippen molar-refractivity contribution in [2.75, 3.05) is 12.4 Å². The summed E-state index contributed by atoms with van der Waals surface area (Å²) in [4.78, 5) is 16.9. The van der Waals surface area contributed by atoms with Gasteiger partial charge in [0.05, 0.1) is 12.4 Å². The molecule has 1 atom stereocenters. The van der Waals surface area contributed by atoms with Gasteiger partial charge in [-0.2, -0.15) is 0 Å². The molecule has 3 rings (SSSR count). The zero-order valence-corrected chi connectivity index (χ0v) is 16.5. The highest BCUT2D eigenvalue weighted by Gasteiger charge is 2.18. The van der Waals surface area contributed by atoms with Crippen molar-refractivity contribution >= 4 is 23.4 Å². The highest BCUT2D eigenvalue weighted by molar-refractivity contribution is 8.00. The van der Waals surface area contributed by atoms with Gasteiger partial charge in [-0.15, -0.1) is 0 Å². The maximum atomic E-state index is 12.5.